The second kappa shape index (κ2) is 9.77. The predicted octanol–water partition coefficient (Wildman–Crippen LogP) is 2.82. The number of halogens is 1. The lowest BCUT2D eigenvalue weighted by atomic mass is 10.0. The van der Waals surface area contributed by atoms with Crippen LogP contribution < -0.4 is 15.0 Å². The van der Waals surface area contributed by atoms with Crippen molar-refractivity contribution in [1.29, 1.82) is 0 Å². The van der Waals surface area contributed by atoms with E-state index in [9.17, 15) is 4.79 Å². The number of rotatable bonds is 7. The van der Waals surface area contributed by atoms with Gasteiger partial charge in [0.25, 0.3) is 0 Å². The fraction of sp³-hybridized carbons (Fsp3) is 0.409. The minimum atomic E-state index is 0.0121. The Morgan fingerprint density at radius 1 is 1.11 bits per heavy atom. The molecule has 1 fully saturated rings. The monoisotopic (exact) mass is 387 g/mol. The molecule has 1 atom stereocenters. The Bertz CT molecular complexity index is 742. The van der Waals surface area contributed by atoms with Gasteiger partial charge in [0.2, 0.25) is 5.91 Å². The van der Waals surface area contributed by atoms with E-state index in [2.05, 4.69) is 17.4 Å². The van der Waals surface area contributed by atoms with Crippen molar-refractivity contribution in [3.8, 4) is 5.75 Å². The first-order valence-electron chi connectivity index (χ1n) is 9.66. The Morgan fingerprint density at radius 3 is 2.48 bits per heavy atom. The second-order valence-electron chi connectivity index (χ2n) is 7.12. The third-order valence-electron chi connectivity index (χ3n) is 5.32. The van der Waals surface area contributed by atoms with Gasteiger partial charge in [-0.3, -0.25) is 4.79 Å². The molecule has 0 aromatic heterocycles. The van der Waals surface area contributed by atoms with Crippen LogP contribution in [-0.2, 0) is 11.2 Å². The van der Waals surface area contributed by atoms with Gasteiger partial charge in [0.1, 0.15) is 11.8 Å². The Kier molecular flexibility index (Phi) is 7.13. The number of benzene rings is 2. The van der Waals surface area contributed by atoms with Crippen LogP contribution in [0.4, 0.5) is 0 Å². The minimum absolute atomic E-state index is 0.0121. The van der Waals surface area contributed by atoms with E-state index in [0.29, 0.717) is 18.0 Å². The maximum absolute atomic E-state index is 12.5. The summed E-state index contributed by atoms with van der Waals surface area (Å²) in [7, 11) is 1.68. The highest BCUT2D eigenvalue weighted by atomic mass is 35.5. The van der Waals surface area contributed by atoms with E-state index in [4.69, 9.17) is 16.3 Å². The fourth-order valence-corrected chi connectivity index (χ4v) is 3.98. The lowest BCUT2D eigenvalue weighted by Crippen LogP contribution is -3.13. The summed E-state index contributed by atoms with van der Waals surface area (Å²) in [5.41, 5.74) is 2.11. The first kappa shape index (κ1) is 19.7. The quantitative estimate of drug-likeness (QED) is 0.767. The van der Waals surface area contributed by atoms with Gasteiger partial charge >= 0.3 is 0 Å². The number of quaternary nitrogens is 1. The van der Waals surface area contributed by atoms with Crippen molar-refractivity contribution in [1.82, 2.24) is 5.32 Å². The third-order valence-corrected chi connectivity index (χ3v) is 5.69. The van der Waals surface area contributed by atoms with Crippen LogP contribution >= 0.6 is 11.6 Å². The van der Waals surface area contributed by atoms with Crippen molar-refractivity contribution < 1.29 is 14.4 Å². The molecule has 27 heavy (non-hydrogen) atoms. The number of methoxy groups -OCH3 is 1. The highest BCUT2D eigenvalue weighted by Gasteiger charge is 2.26. The van der Waals surface area contributed by atoms with E-state index in [-0.39, 0.29) is 11.9 Å². The molecule has 144 valence electrons. The Hall–Kier alpha value is -2.04. The van der Waals surface area contributed by atoms with E-state index < -0.39 is 0 Å². The number of ether oxygens (including phenoxy) is 1. The fourth-order valence-electron chi connectivity index (χ4n) is 3.78. The molecule has 2 aromatic carbocycles. The number of hydrogen-bond acceptors (Lipinski definition) is 2. The standard InChI is InChI=1S/C22H27ClN2O2/c1-27-19-11-9-17(10-12-19)21(25-13-5-2-6-14-25)16-24-22(26)15-18-7-3-4-8-20(18)23/h3-4,7-12,21H,2,5-6,13-16H2,1H3,(H,24,26)/p+1/t21-/m1/s1. The summed E-state index contributed by atoms with van der Waals surface area (Å²) in [5, 5.41) is 3.77. The maximum Gasteiger partial charge on any atom is 0.224 e. The van der Waals surface area contributed by atoms with Gasteiger partial charge in [0, 0.05) is 10.6 Å². The molecular weight excluding hydrogens is 360 g/mol. The van der Waals surface area contributed by atoms with Crippen molar-refractivity contribution in [3.63, 3.8) is 0 Å². The molecule has 0 spiro atoms. The molecule has 0 radical (unpaired) electrons. The summed E-state index contributed by atoms with van der Waals surface area (Å²) in [6.45, 7) is 2.93. The molecule has 2 N–H and O–H groups in total. The van der Waals surface area contributed by atoms with Crippen LogP contribution in [0.1, 0.15) is 36.4 Å². The van der Waals surface area contributed by atoms with Crippen molar-refractivity contribution in [2.75, 3.05) is 26.7 Å². The van der Waals surface area contributed by atoms with Crippen LogP contribution in [0.3, 0.4) is 0 Å². The largest absolute Gasteiger partial charge is 0.497 e. The number of hydrogen-bond donors (Lipinski definition) is 2. The molecule has 1 aliphatic rings. The molecular formula is C22H28ClN2O2+. The zero-order valence-corrected chi connectivity index (χ0v) is 16.6. The van der Waals surface area contributed by atoms with Crippen LogP contribution in [0.25, 0.3) is 0 Å². The van der Waals surface area contributed by atoms with Gasteiger partial charge in [-0.2, -0.15) is 0 Å². The molecule has 1 aliphatic heterocycles. The average Bonchev–Trinajstić information content (AvgIpc) is 2.71. The Labute approximate surface area is 166 Å². The molecule has 0 bridgehead atoms. The molecule has 2 aromatic rings. The smallest absolute Gasteiger partial charge is 0.224 e. The molecule has 0 unspecified atom stereocenters. The summed E-state index contributed by atoms with van der Waals surface area (Å²) < 4.78 is 5.28. The van der Waals surface area contributed by atoms with E-state index in [1.165, 1.54) is 24.8 Å². The van der Waals surface area contributed by atoms with Gasteiger partial charge in [0.15, 0.2) is 0 Å². The first-order valence-corrected chi connectivity index (χ1v) is 10.0. The lowest BCUT2D eigenvalue weighted by molar-refractivity contribution is -0.935. The van der Waals surface area contributed by atoms with Gasteiger partial charge in [-0.05, 0) is 55.2 Å². The van der Waals surface area contributed by atoms with E-state index in [0.717, 1.165) is 24.4 Å². The zero-order chi connectivity index (χ0) is 19.1. The van der Waals surface area contributed by atoms with Crippen molar-refractivity contribution in [2.24, 2.45) is 0 Å². The number of likely N-dealkylation sites (tertiary alicyclic amines) is 1. The number of amides is 1. The molecule has 1 heterocycles. The van der Waals surface area contributed by atoms with Crippen molar-refractivity contribution >= 4 is 17.5 Å². The van der Waals surface area contributed by atoms with Crippen LogP contribution in [-0.4, -0.2) is 32.7 Å². The van der Waals surface area contributed by atoms with Crippen LogP contribution in [0.15, 0.2) is 48.5 Å². The van der Waals surface area contributed by atoms with Crippen molar-refractivity contribution in [3.05, 3.63) is 64.7 Å². The molecule has 5 heteroatoms. The van der Waals surface area contributed by atoms with Gasteiger partial charge in [0.05, 0.1) is 33.2 Å². The van der Waals surface area contributed by atoms with Crippen LogP contribution in [0.5, 0.6) is 5.75 Å². The first-order chi connectivity index (χ1) is 13.2. The zero-order valence-electron chi connectivity index (χ0n) is 15.8. The number of carbonyl (C=O) groups is 1. The highest BCUT2D eigenvalue weighted by Crippen LogP contribution is 2.17. The topological polar surface area (TPSA) is 42.8 Å². The molecule has 1 amide bonds. The van der Waals surface area contributed by atoms with E-state index in [1.807, 2.05) is 36.4 Å². The third kappa shape index (κ3) is 5.47. The number of carbonyl (C=O) groups excluding carboxylic acids is 1. The van der Waals surface area contributed by atoms with Crippen molar-refractivity contribution in [2.45, 2.75) is 31.7 Å². The summed E-state index contributed by atoms with van der Waals surface area (Å²) >= 11 is 6.18. The summed E-state index contributed by atoms with van der Waals surface area (Å²) in [5.74, 6) is 0.868. The van der Waals surface area contributed by atoms with Crippen LogP contribution in [0, 0.1) is 0 Å². The minimum Gasteiger partial charge on any atom is -0.497 e. The van der Waals surface area contributed by atoms with Gasteiger partial charge in [-0.15, -0.1) is 0 Å². The van der Waals surface area contributed by atoms with E-state index in [1.54, 1.807) is 12.0 Å². The Balaban J connectivity index is 1.67. The van der Waals surface area contributed by atoms with Crippen LogP contribution in [0.2, 0.25) is 5.02 Å². The SMILES string of the molecule is COc1ccc([C@@H](CNC(=O)Cc2ccccc2Cl)[NH+]2CCCCC2)cc1. The van der Waals surface area contributed by atoms with E-state index >= 15 is 0 Å². The molecule has 1 saturated heterocycles. The highest BCUT2D eigenvalue weighted by molar-refractivity contribution is 6.31. The Morgan fingerprint density at radius 2 is 1.81 bits per heavy atom. The summed E-state index contributed by atoms with van der Waals surface area (Å²) in [6.07, 6.45) is 4.10. The number of nitrogens with one attached hydrogen (secondary N) is 2. The summed E-state index contributed by atoms with van der Waals surface area (Å²) in [6, 6.07) is 16.0. The predicted molar refractivity (Wildman–Crippen MR) is 108 cm³/mol. The lowest BCUT2D eigenvalue weighted by Gasteiger charge is -2.32. The maximum atomic E-state index is 12.5. The second-order valence-corrected chi connectivity index (χ2v) is 7.52. The average molecular weight is 388 g/mol. The summed E-state index contributed by atoms with van der Waals surface area (Å²) in [4.78, 5) is 14.0. The van der Waals surface area contributed by atoms with Gasteiger partial charge in [-0.1, -0.05) is 29.8 Å². The van der Waals surface area contributed by atoms with Gasteiger partial charge in [-0.25, -0.2) is 0 Å². The molecule has 0 saturated carbocycles. The number of piperidine rings is 1. The molecule has 3 rings (SSSR count). The normalized spacial score (nSPS) is 15.9. The van der Waals surface area contributed by atoms with Gasteiger partial charge < -0.3 is 15.0 Å². The molecule has 4 nitrogen and oxygen atoms in total. The molecule has 0 aliphatic carbocycles.